The molecule has 2 heterocycles. The summed E-state index contributed by atoms with van der Waals surface area (Å²) in [5.41, 5.74) is 1.27. The summed E-state index contributed by atoms with van der Waals surface area (Å²) in [4.78, 5) is 7.19. The van der Waals surface area contributed by atoms with Crippen molar-refractivity contribution in [3.8, 4) is 5.75 Å². The smallest absolute Gasteiger partial charge is 0.194 e. The van der Waals surface area contributed by atoms with E-state index in [1.807, 2.05) is 30.7 Å². The number of aromatic nitrogens is 3. The molecule has 30 heavy (non-hydrogen) atoms. The number of hydrogen-bond donors (Lipinski definition) is 1. The van der Waals surface area contributed by atoms with Gasteiger partial charge in [0.05, 0.1) is 13.2 Å². The van der Waals surface area contributed by atoms with Crippen molar-refractivity contribution >= 4 is 5.96 Å². The van der Waals surface area contributed by atoms with Crippen LogP contribution in [0.3, 0.4) is 0 Å². The van der Waals surface area contributed by atoms with Crippen LogP contribution in [0.4, 0.5) is 0 Å². The Morgan fingerprint density at radius 2 is 1.93 bits per heavy atom. The van der Waals surface area contributed by atoms with Crippen molar-refractivity contribution in [1.29, 1.82) is 0 Å². The van der Waals surface area contributed by atoms with Crippen LogP contribution in [-0.2, 0) is 24.8 Å². The number of likely N-dealkylation sites (tertiary alicyclic amines) is 1. The maximum Gasteiger partial charge on any atom is 0.194 e. The van der Waals surface area contributed by atoms with Gasteiger partial charge in [0.25, 0.3) is 0 Å². The Hall–Kier alpha value is -2.61. The van der Waals surface area contributed by atoms with Crippen LogP contribution in [0.15, 0.2) is 29.3 Å². The minimum absolute atomic E-state index is 0.355. The number of methoxy groups -OCH3 is 1. The van der Waals surface area contributed by atoms with Crippen LogP contribution in [0, 0.1) is 6.92 Å². The molecule has 0 spiro atoms. The van der Waals surface area contributed by atoms with Crippen LogP contribution in [-0.4, -0.2) is 65.1 Å². The van der Waals surface area contributed by atoms with E-state index < -0.39 is 0 Å². The van der Waals surface area contributed by atoms with Crippen molar-refractivity contribution in [2.75, 3.05) is 33.4 Å². The van der Waals surface area contributed by atoms with Gasteiger partial charge < -0.3 is 24.3 Å². The Kier molecular flexibility index (Phi) is 8.07. The van der Waals surface area contributed by atoms with E-state index in [-0.39, 0.29) is 0 Å². The average molecular weight is 415 g/mol. The number of piperidine rings is 1. The minimum Gasteiger partial charge on any atom is -0.497 e. The second kappa shape index (κ2) is 11.0. The molecule has 1 aliphatic heterocycles. The molecular weight excluding hydrogens is 380 g/mol. The van der Waals surface area contributed by atoms with Gasteiger partial charge in [0.1, 0.15) is 18.1 Å². The highest BCUT2D eigenvalue weighted by molar-refractivity contribution is 5.80. The summed E-state index contributed by atoms with van der Waals surface area (Å²) in [5.74, 6) is 3.57. The van der Waals surface area contributed by atoms with Crippen LogP contribution < -0.4 is 10.1 Å². The van der Waals surface area contributed by atoms with Crippen molar-refractivity contribution in [2.45, 2.75) is 45.8 Å². The first kappa shape index (κ1) is 22.1. The normalized spacial score (nSPS) is 15.5. The minimum atomic E-state index is 0.355. The molecule has 0 unspecified atom stereocenters. The lowest BCUT2D eigenvalue weighted by atomic mass is 10.1. The summed E-state index contributed by atoms with van der Waals surface area (Å²) in [6, 6.07) is 8.21. The number of aliphatic imine (C=N–C) groups is 1. The predicted octanol–water partition coefficient (Wildman–Crippen LogP) is 2.32. The Bertz CT molecular complexity index is 810. The maximum atomic E-state index is 5.80. The van der Waals surface area contributed by atoms with Gasteiger partial charge in [-0.05, 0) is 50.8 Å². The third-order valence-electron chi connectivity index (χ3n) is 5.55. The number of aryl methyl sites for hydroxylation is 1. The zero-order valence-electron chi connectivity index (χ0n) is 18.6. The first-order chi connectivity index (χ1) is 14.6. The van der Waals surface area contributed by atoms with E-state index >= 15 is 0 Å². The summed E-state index contributed by atoms with van der Waals surface area (Å²) in [5, 5.41) is 11.9. The van der Waals surface area contributed by atoms with Gasteiger partial charge >= 0.3 is 0 Å². The lowest BCUT2D eigenvalue weighted by Crippen LogP contribution is -2.47. The van der Waals surface area contributed by atoms with Gasteiger partial charge in [0.2, 0.25) is 0 Å². The maximum absolute atomic E-state index is 5.80. The number of hydrogen-bond acceptors (Lipinski definition) is 5. The molecular formula is C22H34N6O2. The molecule has 0 amide bonds. The Balaban J connectivity index is 1.62. The number of nitrogens with one attached hydrogen (secondary N) is 1. The number of rotatable bonds is 8. The quantitative estimate of drug-likeness (QED) is 0.528. The molecule has 8 heteroatoms. The highest BCUT2D eigenvalue weighted by Crippen LogP contribution is 2.15. The molecule has 0 bridgehead atoms. The molecule has 1 aromatic carbocycles. The van der Waals surface area contributed by atoms with E-state index in [0.29, 0.717) is 12.6 Å². The summed E-state index contributed by atoms with van der Waals surface area (Å²) in [6.07, 6.45) is 3.32. The van der Waals surface area contributed by atoms with Crippen molar-refractivity contribution < 1.29 is 9.47 Å². The SMILES string of the molecule is CCOC1CCN(C(=NCc2nnc(C)n2C)NCCc2ccc(OC)cc2)CC1. The van der Waals surface area contributed by atoms with E-state index in [0.717, 1.165) is 68.9 Å². The fourth-order valence-corrected chi connectivity index (χ4v) is 3.58. The molecule has 164 valence electrons. The molecule has 0 aliphatic carbocycles. The van der Waals surface area contributed by atoms with Crippen LogP contribution in [0.1, 0.15) is 37.0 Å². The molecule has 1 fully saturated rings. The molecule has 8 nitrogen and oxygen atoms in total. The molecule has 1 N–H and O–H groups in total. The van der Waals surface area contributed by atoms with Crippen LogP contribution in [0.25, 0.3) is 0 Å². The Morgan fingerprint density at radius 3 is 2.53 bits per heavy atom. The van der Waals surface area contributed by atoms with Gasteiger partial charge in [-0.15, -0.1) is 10.2 Å². The molecule has 0 radical (unpaired) electrons. The second-order valence-corrected chi connectivity index (χ2v) is 7.53. The summed E-state index contributed by atoms with van der Waals surface area (Å²) in [7, 11) is 3.66. The lowest BCUT2D eigenvalue weighted by Gasteiger charge is -2.34. The van der Waals surface area contributed by atoms with E-state index in [1.165, 1.54) is 5.56 Å². The molecule has 0 atom stereocenters. The van der Waals surface area contributed by atoms with Crippen molar-refractivity contribution in [3.05, 3.63) is 41.5 Å². The Morgan fingerprint density at radius 1 is 1.20 bits per heavy atom. The first-order valence-electron chi connectivity index (χ1n) is 10.7. The van der Waals surface area contributed by atoms with Crippen LogP contribution in [0.5, 0.6) is 5.75 Å². The first-order valence-corrected chi connectivity index (χ1v) is 10.7. The van der Waals surface area contributed by atoms with Gasteiger partial charge in [0.15, 0.2) is 11.8 Å². The molecule has 1 saturated heterocycles. The predicted molar refractivity (Wildman–Crippen MR) is 118 cm³/mol. The second-order valence-electron chi connectivity index (χ2n) is 7.53. The highest BCUT2D eigenvalue weighted by Gasteiger charge is 2.22. The van der Waals surface area contributed by atoms with Gasteiger partial charge in [-0.1, -0.05) is 12.1 Å². The molecule has 0 saturated carbocycles. The lowest BCUT2D eigenvalue weighted by molar-refractivity contribution is 0.0263. The average Bonchev–Trinajstić information content (AvgIpc) is 3.09. The van der Waals surface area contributed by atoms with E-state index in [9.17, 15) is 0 Å². The van der Waals surface area contributed by atoms with Crippen molar-refractivity contribution in [1.82, 2.24) is 25.0 Å². The summed E-state index contributed by atoms with van der Waals surface area (Å²) >= 11 is 0. The summed E-state index contributed by atoms with van der Waals surface area (Å²) in [6.45, 7) is 7.99. The van der Waals surface area contributed by atoms with Gasteiger partial charge in [0, 0.05) is 33.3 Å². The summed E-state index contributed by atoms with van der Waals surface area (Å²) < 4.78 is 13.0. The van der Waals surface area contributed by atoms with E-state index in [1.54, 1.807) is 7.11 Å². The third kappa shape index (κ3) is 5.95. The van der Waals surface area contributed by atoms with E-state index in [4.69, 9.17) is 14.5 Å². The molecule has 3 rings (SSSR count). The zero-order chi connectivity index (χ0) is 21.3. The molecule has 1 aliphatic rings. The standard InChI is InChI=1S/C22H34N6O2/c1-5-30-20-11-14-28(15-12-20)22(24-16-21-26-25-17(2)27(21)3)23-13-10-18-6-8-19(29-4)9-7-18/h6-9,20H,5,10-16H2,1-4H3,(H,23,24). The van der Waals surface area contributed by atoms with Crippen LogP contribution in [0.2, 0.25) is 0 Å². The Labute approximate surface area is 179 Å². The van der Waals surface area contributed by atoms with E-state index in [2.05, 4.69) is 39.5 Å². The number of benzene rings is 1. The number of nitrogens with zero attached hydrogens (tertiary/aromatic N) is 5. The van der Waals surface area contributed by atoms with Gasteiger partial charge in [-0.2, -0.15) is 0 Å². The zero-order valence-corrected chi connectivity index (χ0v) is 18.6. The molecule has 1 aromatic heterocycles. The van der Waals surface area contributed by atoms with Crippen molar-refractivity contribution in [2.24, 2.45) is 12.0 Å². The fourth-order valence-electron chi connectivity index (χ4n) is 3.58. The fraction of sp³-hybridized carbons (Fsp3) is 0.591. The van der Waals surface area contributed by atoms with Crippen molar-refractivity contribution in [3.63, 3.8) is 0 Å². The number of guanidine groups is 1. The highest BCUT2D eigenvalue weighted by atomic mass is 16.5. The largest absolute Gasteiger partial charge is 0.497 e. The monoisotopic (exact) mass is 414 g/mol. The number of ether oxygens (including phenoxy) is 2. The third-order valence-corrected chi connectivity index (χ3v) is 5.55. The van der Waals surface area contributed by atoms with Gasteiger partial charge in [-0.3, -0.25) is 0 Å². The van der Waals surface area contributed by atoms with Crippen LogP contribution >= 0.6 is 0 Å². The topological polar surface area (TPSA) is 76.8 Å². The van der Waals surface area contributed by atoms with Gasteiger partial charge in [-0.25, -0.2) is 4.99 Å². The molecule has 2 aromatic rings.